The fraction of sp³-hybridized carbons (Fsp3) is 0.278. The molecule has 0 fully saturated rings. The molecule has 0 saturated heterocycles. The summed E-state index contributed by atoms with van der Waals surface area (Å²) in [7, 11) is 0. The zero-order valence-corrected chi connectivity index (χ0v) is 15.1. The van der Waals surface area contributed by atoms with E-state index in [-0.39, 0.29) is 11.8 Å². The molecule has 3 rings (SSSR count). The Morgan fingerprint density at radius 2 is 2.16 bits per heavy atom. The minimum atomic E-state index is 0.0556. The molecule has 25 heavy (non-hydrogen) atoms. The molecule has 0 saturated carbocycles. The van der Waals surface area contributed by atoms with E-state index in [1.165, 1.54) is 6.33 Å². The number of nitrogens with zero attached hydrogens (tertiary/aromatic N) is 3. The topological polar surface area (TPSA) is 88.1 Å². The number of ether oxygens (including phenoxy) is 1. The van der Waals surface area contributed by atoms with E-state index in [2.05, 4.69) is 14.9 Å². The predicted molar refractivity (Wildman–Crippen MR) is 104 cm³/mol. The number of hydrogen-bond donors (Lipinski definition) is 2. The van der Waals surface area contributed by atoms with E-state index in [9.17, 15) is 0 Å². The molecule has 7 heteroatoms. The lowest BCUT2D eigenvalue weighted by Gasteiger charge is -2.22. The van der Waals surface area contributed by atoms with E-state index in [1.54, 1.807) is 23.9 Å². The predicted octanol–water partition coefficient (Wildman–Crippen LogP) is 3.29. The number of thioether (sulfide) groups is 1. The molecule has 2 heterocycles. The Labute approximate surface area is 151 Å². The van der Waals surface area contributed by atoms with Crippen LogP contribution in [0.15, 0.2) is 42.2 Å². The highest BCUT2D eigenvalue weighted by Crippen LogP contribution is 2.24. The quantitative estimate of drug-likeness (QED) is 0.632. The maximum Gasteiger partial charge on any atom is 0.136 e. The summed E-state index contributed by atoms with van der Waals surface area (Å²) in [4.78, 5) is 10.6. The molecule has 0 spiro atoms. The molecule has 1 aliphatic heterocycles. The van der Waals surface area contributed by atoms with Crippen LogP contribution >= 0.6 is 11.8 Å². The highest BCUT2D eigenvalue weighted by molar-refractivity contribution is 8.02. The van der Waals surface area contributed by atoms with Crippen LogP contribution in [0.4, 0.5) is 11.5 Å². The minimum Gasteiger partial charge on any atom is -0.491 e. The summed E-state index contributed by atoms with van der Waals surface area (Å²) in [6, 6.07) is 7.18. The number of aromatic nitrogens is 2. The second kappa shape index (κ2) is 7.57. The summed E-state index contributed by atoms with van der Waals surface area (Å²) in [5, 5.41) is 10.6. The first kappa shape index (κ1) is 17.3. The van der Waals surface area contributed by atoms with E-state index in [0.29, 0.717) is 22.7 Å². The van der Waals surface area contributed by atoms with Crippen LogP contribution in [0.1, 0.15) is 25.1 Å². The fourth-order valence-electron chi connectivity index (χ4n) is 2.48. The molecule has 0 radical (unpaired) electrons. The van der Waals surface area contributed by atoms with Crippen molar-refractivity contribution in [2.45, 2.75) is 20.0 Å². The molecule has 130 valence electrons. The zero-order valence-electron chi connectivity index (χ0n) is 14.3. The standard InChI is InChI=1S/C18H21N5OS/c1-12(2)24-13-3-4-15(19)14(9-13)18(20)16-10-17(22-11-21-16)23-5-7-25-8-6-23/h3-5,7,9-12,20H,6,8,19H2,1-2H3. The Bertz CT molecular complexity index is 806. The van der Waals surface area contributed by atoms with Gasteiger partial charge in [-0.25, -0.2) is 9.97 Å². The van der Waals surface area contributed by atoms with Crippen molar-refractivity contribution < 1.29 is 4.74 Å². The van der Waals surface area contributed by atoms with Crippen LogP contribution in [0.3, 0.4) is 0 Å². The van der Waals surface area contributed by atoms with Gasteiger partial charge in [-0.15, -0.1) is 11.8 Å². The lowest BCUT2D eigenvalue weighted by atomic mass is 10.0. The molecule has 3 N–H and O–H groups in total. The smallest absolute Gasteiger partial charge is 0.136 e. The van der Waals surface area contributed by atoms with Gasteiger partial charge in [0.05, 0.1) is 17.5 Å². The Hall–Kier alpha value is -2.54. The van der Waals surface area contributed by atoms with Gasteiger partial charge >= 0.3 is 0 Å². The third-order valence-corrected chi connectivity index (χ3v) is 4.39. The third kappa shape index (κ3) is 4.11. The van der Waals surface area contributed by atoms with Crippen LogP contribution in [0.5, 0.6) is 5.75 Å². The Morgan fingerprint density at radius 1 is 1.32 bits per heavy atom. The summed E-state index contributed by atoms with van der Waals surface area (Å²) in [6.45, 7) is 4.80. The first-order chi connectivity index (χ1) is 12.0. The summed E-state index contributed by atoms with van der Waals surface area (Å²) in [6.07, 6.45) is 3.54. The Morgan fingerprint density at radius 3 is 2.88 bits per heavy atom. The molecule has 0 bridgehead atoms. The second-order valence-electron chi connectivity index (χ2n) is 5.90. The number of benzene rings is 1. The SMILES string of the molecule is CC(C)Oc1ccc(N)c(C(=N)c2cc(N3C=CSCC3)ncn2)c1. The van der Waals surface area contributed by atoms with Crippen molar-refractivity contribution in [3.8, 4) is 5.75 Å². The number of hydrogen-bond acceptors (Lipinski definition) is 7. The summed E-state index contributed by atoms with van der Waals surface area (Å²) < 4.78 is 5.71. The monoisotopic (exact) mass is 355 g/mol. The summed E-state index contributed by atoms with van der Waals surface area (Å²) in [5.74, 6) is 2.48. The zero-order chi connectivity index (χ0) is 17.8. The molecule has 0 amide bonds. The van der Waals surface area contributed by atoms with Crippen molar-refractivity contribution in [1.29, 1.82) is 5.41 Å². The molecule has 1 aliphatic rings. The maximum atomic E-state index is 8.53. The highest BCUT2D eigenvalue weighted by atomic mass is 32.2. The van der Waals surface area contributed by atoms with Crippen LogP contribution in [0, 0.1) is 5.41 Å². The lowest BCUT2D eigenvalue weighted by molar-refractivity contribution is 0.242. The van der Waals surface area contributed by atoms with Crippen LogP contribution in [-0.2, 0) is 0 Å². The first-order valence-electron chi connectivity index (χ1n) is 8.07. The summed E-state index contributed by atoms with van der Waals surface area (Å²) in [5.41, 5.74) is 7.99. The van der Waals surface area contributed by atoms with Crippen molar-refractivity contribution >= 4 is 29.0 Å². The van der Waals surface area contributed by atoms with Gasteiger partial charge in [-0.3, -0.25) is 5.41 Å². The van der Waals surface area contributed by atoms with Crippen molar-refractivity contribution in [3.05, 3.63) is 53.5 Å². The van der Waals surface area contributed by atoms with E-state index in [4.69, 9.17) is 15.9 Å². The largest absolute Gasteiger partial charge is 0.491 e. The van der Waals surface area contributed by atoms with Crippen LogP contribution in [0.25, 0.3) is 0 Å². The number of anilines is 2. The molecular weight excluding hydrogens is 334 g/mol. The van der Waals surface area contributed by atoms with Gasteiger partial charge in [-0.05, 0) is 37.5 Å². The van der Waals surface area contributed by atoms with Crippen LogP contribution < -0.4 is 15.4 Å². The average Bonchev–Trinajstić information content (AvgIpc) is 2.63. The van der Waals surface area contributed by atoms with Gasteiger partial charge in [0.25, 0.3) is 0 Å². The van der Waals surface area contributed by atoms with Gasteiger partial charge in [0.15, 0.2) is 0 Å². The van der Waals surface area contributed by atoms with Gasteiger partial charge in [0, 0.05) is 35.8 Å². The number of nitrogens with one attached hydrogen (secondary N) is 1. The lowest BCUT2D eigenvalue weighted by Crippen LogP contribution is -2.23. The maximum absolute atomic E-state index is 8.53. The van der Waals surface area contributed by atoms with Gasteiger partial charge in [-0.1, -0.05) is 0 Å². The fourth-order valence-corrected chi connectivity index (χ4v) is 3.15. The van der Waals surface area contributed by atoms with Crippen molar-refractivity contribution in [2.75, 3.05) is 22.9 Å². The van der Waals surface area contributed by atoms with Crippen LogP contribution in [-0.4, -0.2) is 34.1 Å². The van der Waals surface area contributed by atoms with Crippen molar-refractivity contribution in [1.82, 2.24) is 9.97 Å². The number of nitrogens with two attached hydrogens (primary N) is 1. The van der Waals surface area contributed by atoms with E-state index in [1.807, 2.05) is 37.6 Å². The molecule has 0 aliphatic carbocycles. The van der Waals surface area contributed by atoms with Gasteiger partial charge in [-0.2, -0.15) is 0 Å². The number of rotatable bonds is 5. The average molecular weight is 355 g/mol. The van der Waals surface area contributed by atoms with Crippen molar-refractivity contribution in [2.24, 2.45) is 0 Å². The molecule has 0 atom stereocenters. The molecule has 1 aromatic carbocycles. The number of nitrogen functional groups attached to an aromatic ring is 1. The van der Waals surface area contributed by atoms with E-state index >= 15 is 0 Å². The second-order valence-corrected chi connectivity index (χ2v) is 6.92. The minimum absolute atomic E-state index is 0.0556. The Kier molecular flexibility index (Phi) is 5.23. The van der Waals surface area contributed by atoms with Crippen LogP contribution in [0.2, 0.25) is 0 Å². The normalized spacial score (nSPS) is 14.0. The first-order valence-corrected chi connectivity index (χ1v) is 9.12. The van der Waals surface area contributed by atoms with Crippen molar-refractivity contribution in [3.63, 3.8) is 0 Å². The molecular formula is C18H21N5OS. The molecule has 1 aromatic heterocycles. The van der Waals surface area contributed by atoms with Gasteiger partial charge < -0.3 is 15.4 Å². The molecule has 2 aromatic rings. The van der Waals surface area contributed by atoms with E-state index in [0.717, 1.165) is 18.1 Å². The Balaban J connectivity index is 1.90. The molecule has 0 unspecified atom stereocenters. The summed E-state index contributed by atoms with van der Waals surface area (Å²) >= 11 is 1.77. The highest BCUT2D eigenvalue weighted by Gasteiger charge is 2.15. The van der Waals surface area contributed by atoms with Gasteiger partial charge in [0.2, 0.25) is 0 Å². The van der Waals surface area contributed by atoms with Gasteiger partial charge in [0.1, 0.15) is 17.9 Å². The molecule has 6 nitrogen and oxygen atoms in total. The third-order valence-electron chi connectivity index (χ3n) is 3.66. The van der Waals surface area contributed by atoms with E-state index < -0.39 is 0 Å².